The highest BCUT2D eigenvalue weighted by Crippen LogP contribution is 2.12. The number of carboxylic acids is 1. The molecule has 3 N–H and O–H groups in total. The zero-order valence-corrected chi connectivity index (χ0v) is 8.27. The van der Waals surface area contributed by atoms with Crippen LogP contribution in [-0.4, -0.2) is 23.7 Å². The molecule has 1 rings (SSSR count). The molecule has 0 aliphatic heterocycles. The van der Waals surface area contributed by atoms with E-state index in [1.807, 2.05) is 0 Å². The molecule has 0 amide bonds. The molecule has 0 unspecified atom stereocenters. The Balaban J connectivity index is 2.59. The predicted molar refractivity (Wildman–Crippen MR) is 53.3 cm³/mol. The van der Waals surface area contributed by atoms with E-state index in [0.717, 1.165) is 6.07 Å². The minimum atomic E-state index is -1.07. The van der Waals surface area contributed by atoms with Gasteiger partial charge in [-0.1, -0.05) is 0 Å². The molecule has 0 aliphatic rings. The van der Waals surface area contributed by atoms with Crippen LogP contribution in [0.1, 0.15) is 16.8 Å². The SMILES string of the molecule is Nc1ccc(C(=O)OCCC(=O)O)cc1F. The van der Waals surface area contributed by atoms with Crippen LogP contribution in [0.4, 0.5) is 10.1 Å². The Bertz CT molecular complexity index is 419. The molecule has 6 heteroatoms. The Morgan fingerprint density at radius 2 is 2.12 bits per heavy atom. The molecule has 1 aromatic carbocycles. The fraction of sp³-hybridized carbons (Fsp3) is 0.200. The van der Waals surface area contributed by atoms with Crippen LogP contribution in [0.2, 0.25) is 0 Å². The Kier molecular flexibility index (Phi) is 3.82. The summed E-state index contributed by atoms with van der Waals surface area (Å²) in [4.78, 5) is 21.4. The lowest BCUT2D eigenvalue weighted by molar-refractivity contribution is -0.137. The molecular formula is C10H10FNO4. The molecule has 0 radical (unpaired) electrons. The summed E-state index contributed by atoms with van der Waals surface area (Å²) in [5.41, 5.74) is 5.15. The average Bonchev–Trinajstić information content (AvgIpc) is 2.21. The van der Waals surface area contributed by atoms with E-state index < -0.39 is 17.8 Å². The molecule has 0 saturated heterocycles. The molecule has 0 atom stereocenters. The van der Waals surface area contributed by atoms with Gasteiger partial charge in [-0.2, -0.15) is 0 Å². The number of aliphatic carboxylic acids is 1. The van der Waals surface area contributed by atoms with Gasteiger partial charge in [0.1, 0.15) is 12.4 Å². The molecule has 5 nitrogen and oxygen atoms in total. The van der Waals surface area contributed by atoms with Crippen LogP contribution >= 0.6 is 0 Å². The van der Waals surface area contributed by atoms with Crippen molar-refractivity contribution in [2.75, 3.05) is 12.3 Å². The Morgan fingerprint density at radius 1 is 1.44 bits per heavy atom. The van der Waals surface area contributed by atoms with Gasteiger partial charge in [0.05, 0.1) is 17.7 Å². The van der Waals surface area contributed by atoms with Gasteiger partial charge in [0, 0.05) is 0 Å². The zero-order chi connectivity index (χ0) is 12.1. The molecule has 0 aliphatic carbocycles. The number of carbonyl (C=O) groups is 2. The van der Waals surface area contributed by atoms with Crippen LogP contribution in [0.3, 0.4) is 0 Å². The Labute approximate surface area is 90.6 Å². The summed E-state index contributed by atoms with van der Waals surface area (Å²) in [6.07, 6.45) is -0.288. The van der Waals surface area contributed by atoms with E-state index in [0.29, 0.717) is 0 Å². The number of nitrogens with two attached hydrogens (primary N) is 1. The van der Waals surface area contributed by atoms with Gasteiger partial charge in [-0.15, -0.1) is 0 Å². The molecule has 0 bridgehead atoms. The summed E-state index contributed by atoms with van der Waals surface area (Å²) in [7, 11) is 0. The lowest BCUT2D eigenvalue weighted by Gasteiger charge is -2.03. The third-order valence-corrected chi connectivity index (χ3v) is 1.79. The van der Waals surface area contributed by atoms with Crippen molar-refractivity contribution in [2.45, 2.75) is 6.42 Å². The average molecular weight is 227 g/mol. The van der Waals surface area contributed by atoms with Crippen molar-refractivity contribution < 1.29 is 23.8 Å². The first-order valence-electron chi connectivity index (χ1n) is 4.44. The summed E-state index contributed by atoms with van der Waals surface area (Å²) < 4.78 is 17.6. The van der Waals surface area contributed by atoms with Crippen molar-refractivity contribution in [2.24, 2.45) is 0 Å². The fourth-order valence-corrected chi connectivity index (χ4v) is 0.968. The first-order valence-corrected chi connectivity index (χ1v) is 4.44. The number of ether oxygens (including phenoxy) is 1. The zero-order valence-electron chi connectivity index (χ0n) is 8.27. The lowest BCUT2D eigenvalue weighted by atomic mass is 10.2. The molecule has 0 fully saturated rings. The second kappa shape index (κ2) is 5.11. The number of hydrogen-bond donors (Lipinski definition) is 2. The maximum Gasteiger partial charge on any atom is 0.338 e. The van der Waals surface area contributed by atoms with Crippen molar-refractivity contribution in [3.63, 3.8) is 0 Å². The second-order valence-electron chi connectivity index (χ2n) is 3.02. The van der Waals surface area contributed by atoms with E-state index in [-0.39, 0.29) is 24.3 Å². The number of halogens is 1. The van der Waals surface area contributed by atoms with Gasteiger partial charge in [0.15, 0.2) is 0 Å². The van der Waals surface area contributed by atoms with Crippen molar-refractivity contribution >= 4 is 17.6 Å². The van der Waals surface area contributed by atoms with Gasteiger partial charge in [0.25, 0.3) is 0 Å². The number of carboxylic acid groups (broad SMARTS) is 1. The summed E-state index contributed by atoms with van der Waals surface area (Å²) in [6, 6.07) is 3.49. The van der Waals surface area contributed by atoms with Crippen molar-refractivity contribution in [1.82, 2.24) is 0 Å². The van der Waals surface area contributed by atoms with E-state index in [2.05, 4.69) is 4.74 Å². The van der Waals surface area contributed by atoms with Crippen LogP contribution < -0.4 is 5.73 Å². The second-order valence-corrected chi connectivity index (χ2v) is 3.02. The highest BCUT2D eigenvalue weighted by molar-refractivity contribution is 5.89. The van der Waals surface area contributed by atoms with Crippen LogP contribution in [-0.2, 0) is 9.53 Å². The fourth-order valence-electron chi connectivity index (χ4n) is 0.968. The number of hydrogen-bond acceptors (Lipinski definition) is 4. The van der Waals surface area contributed by atoms with Gasteiger partial charge in [-0.25, -0.2) is 9.18 Å². The smallest absolute Gasteiger partial charge is 0.338 e. The Morgan fingerprint density at radius 3 is 2.69 bits per heavy atom. The summed E-state index contributed by atoms with van der Waals surface area (Å²) in [6.45, 7) is -0.250. The van der Waals surface area contributed by atoms with Gasteiger partial charge in [-0.3, -0.25) is 4.79 Å². The van der Waals surface area contributed by atoms with Crippen LogP contribution in [0.15, 0.2) is 18.2 Å². The minimum Gasteiger partial charge on any atom is -0.481 e. The van der Waals surface area contributed by atoms with Crippen LogP contribution in [0, 0.1) is 5.82 Å². The molecule has 0 saturated carbocycles. The van der Waals surface area contributed by atoms with Crippen LogP contribution in [0.5, 0.6) is 0 Å². The normalized spacial score (nSPS) is 9.81. The molecule has 0 aromatic heterocycles. The van der Waals surface area contributed by atoms with E-state index in [9.17, 15) is 14.0 Å². The van der Waals surface area contributed by atoms with Gasteiger partial charge in [0.2, 0.25) is 0 Å². The predicted octanol–water partition coefficient (Wildman–Crippen LogP) is 1.04. The first-order chi connectivity index (χ1) is 7.50. The monoisotopic (exact) mass is 227 g/mol. The first kappa shape index (κ1) is 12.0. The van der Waals surface area contributed by atoms with E-state index in [1.54, 1.807) is 0 Å². The minimum absolute atomic E-state index is 0.00270. The number of anilines is 1. The highest BCUT2D eigenvalue weighted by Gasteiger charge is 2.10. The summed E-state index contributed by atoms with van der Waals surface area (Å²) in [5.74, 6) is -2.57. The van der Waals surface area contributed by atoms with Gasteiger partial charge >= 0.3 is 11.9 Å². The van der Waals surface area contributed by atoms with Crippen LogP contribution in [0.25, 0.3) is 0 Å². The number of carbonyl (C=O) groups excluding carboxylic acids is 1. The molecule has 86 valence electrons. The topological polar surface area (TPSA) is 89.6 Å². The number of nitrogen functional groups attached to an aromatic ring is 1. The third kappa shape index (κ3) is 3.23. The third-order valence-electron chi connectivity index (χ3n) is 1.79. The van der Waals surface area contributed by atoms with Crippen molar-refractivity contribution in [3.8, 4) is 0 Å². The highest BCUT2D eigenvalue weighted by atomic mass is 19.1. The number of esters is 1. The molecule has 0 heterocycles. The molecule has 0 spiro atoms. The number of rotatable bonds is 4. The quantitative estimate of drug-likeness (QED) is 0.592. The van der Waals surface area contributed by atoms with E-state index in [1.165, 1.54) is 12.1 Å². The van der Waals surface area contributed by atoms with E-state index >= 15 is 0 Å². The van der Waals surface area contributed by atoms with Gasteiger partial charge < -0.3 is 15.6 Å². The maximum atomic E-state index is 13.0. The molecular weight excluding hydrogens is 217 g/mol. The molecule has 16 heavy (non-hydrogen) atoms. The number of benzene rings is 1. The standard InChI is InChI=1S/C10H10FNO4/c11-7-5-6(1-2-8(7)12)10(15)16-4-3-9(13)14/h1-2,5H,3-4,12H2,(H,13,14). The van der Waals surface area contributed by atoms with Gasteiger partial charge in [-0.05, 0) is 18.2 Å². The summed E-state index contributed by atoms with van der Waals surface area (Å²) >= 11 is 0. The summed E-state index contributed by atoms with van der Waals surface area (Å²) in [5, 5.41) is 8.31. The lowest BCUT2D eigenvalue weighted by Crippen LogP contribution is -2.10. The van der Waals surface area contributed by atoms with Crippen molar-refractivity contribution in [1.29, 1.82) is 0 Å². The Hall–Kier alpha value is -2.11. The van der Waals surface area contributed by atoms with E-state index in [4.69, 9.17) is 10.8 Å². The molecule has 1 aromatic rings. The maximum absolute atomic E-state index is 13.0. The van der Waals surface area contributed by atoms with Crippen molar-refractivity contribution in [3.05, 3.63) is 29.6 Å². The largest absolute Gasteiger partial charge is 0.481 e.